The van der Waals surface area contributed by atoms with Crippen molar-refractivity contribution in [3.05, 3.63) is 41.6 Å². The minimum absolute atomic E-state index is 0.142. The Hall–Kier alpha value is -1.62. The summed E-state index contributed by atoms with van der Waals surface area (Å²) in [5.41, 5.74) is 2.99. The Balaban J connectivity index is 2.08. The lowest BCUT2D eigenvalue weighted by Crippen LogP contribution is -2.06. The number of rotatable bonds is 5. The van der Waals surface area contributed by atoms with E-state index in [0.717, 1.165) is 28.5 Å². The fraction of sp³-hybridized carbons (Fsp3) is 0.357. The number of carbonyl (C=O) groups excluding carboxylic acids is 1. The van der Waals surface area contributed by atoms with Crippen molar-refractivity contribution in [3.8, 4) is 0 Å². The molecule has 0 N–H and O–H groups in total. The number of hydrogen-bond donors (Lipinski definition) is 0. The first kappa shape index (κ1) is 13.8. The predicted octanol–water partition coefficient (Wildman–Crippen LogP) is 2.89. The lowest BCUT2D eigenvalue weighted by atomic mass is 10.2. The van der Waals surface area contributed by atoms with Crippen LogP contribution in [0.1, 0.15) is 28.7 Å². The van der Waals surface area contributed by atoms with Crippen LogP contribution in [-0.4, -0.2) is 26.1 Å². The van der Waals surface area contributed by atoms with Crippen molar-refractivity contribution in [1.29, 1.82) is 0 Å². The number of ketones is 1. The highest BCUT2D eigenvalue weighted by atomic mass is 32.2. The highest BCUT2D eigenvalue weighted by molar-refractivity contribution is 7.99. The Labute approximate surface area is 117 Å². The van der Waals surface area contributed by atoms with Crippen LogP contribution in [0, 0.1) is 13.8 Å². The summed E-state index contributed by atoms with van der Waals surface area (Å²) in [5.74, 6) is 0.538. The highest BCUT2D eigenvalue weighted by Crippen LogP contribution is 2.20. The van der Waals surface area contributed by atoms with E-state index in [9.17, 15) is 4.79 Å². The molecule has 5 heteroatoms. The van der Waals surface area contributed by atoms with E-state index in [1.165, 1.54) is 11.8 Å². The van der Waals surface area contributed by atoms with Gasteiger partial charge in [0, 0.05) is 35.9 Å². The predicted molar refractivity (Wildman–Crippen MR) is 76.7 cm³/mol. The molecule has 0 bridgehead atoms. The summed E-state index contributed by atoms with van der Waals surface area (Å²) >= 11 is 1.42. The van der Waals surface area contributed by atoms with Gasteiger partial charge in [-0.15, -0.1) is 0 Å². The first-order valence-corrected chi connectivity index (χ1v) is 7.20. The normalized spacial score (nSPS) is 10.7. The topological polar surface area (TPSA) is 47.8 Å². The Morgan fingerprint density at radius 1 is 1.37 bits per heavy atom. The Morgan fingerprint density at radius 3 is 2.74 bits per heavy atom. The van der Waals surface area contributed by atoms with Crippen LogP contribution in [0.3, 0.4) is 0 Å². The third-order valence-corrected chi connectivity index (χ3v) is 3.99. The summed E-state index contributed by atoms with van der Waals surface area (Å²) in [7, 11) is 0. The molecule has 4 nitrogen and oxygen atoms in total. The van der Waals surface area contributed by atoms with Crippen molar-refractivity contribution in [3.63, 3.8) is 0 Å². The zero-order valence-corrected chi connectivity index (χ0v) is 12.2. The van der Waals surface area contributed by atoms with Crippen molar-refractivity contribution >= 4 is 17.5 Å². The monoisotopic (exact) mass is 275 g/mol. The molecular formula is C14H17N3OS. The number of aromatic nitrogens is 3. The van der Waals surface area contributed by atoms with E-state index in [4.69, 9.17) is 0 Å². The maximum atomic E-state index is 12.2. The Bertz CT molecular complexity index is 578. The molecule has 0 aliphatic heterocycles. The maximum absolute atomic E-state index is 12.2. The van der Waals surface area contributed by atoms with Gasteiger partial charge in [0.2, 0.25) is 0 Å². The van der Waals surface area contributed by atoms with Gasteiger partial charge in [-0.1, -0.05) is 11.8 Å². The van der Waals surface area contributed by atoms with Crippen molar-refractivity contribution < 1.29 is 4.79 Å². The molecule has 0 saturated heterocycles. The van der Waals surface area contributed by atoms with Gasteiger partial charge >= 0.3 is 0 Å². The molecule has 2 aromatic rings. The van der Waals surface area contributed by atoms with E-state index in [1.54, 1.807) is 18.6 Å². The standard InChI is InChI=1S/C14H17N3OS/c1-4-17-10(2)7-12(11(17)3)13(18)9-19-14-8-15-5-6-16-14/h5-8H,4,9H2,1-3H3. The lowest BCUT2D eigenvalue weighted by Gasteiger charge is -2.05. The molecule has 0 fully saturated rings. The van der Waals surface area contributed by atoms with Gasteiger partial charge in [0.25, 0.3) is 0 Å². The molecule has 2 rings (SSSR count). The van der Waals surface area contributed by atoms with Crippen LogP contribution in [0.25, 0.3) is 0 Å². The average molecular weight is 275 g/mol. The SMILES string of the molecule is CCn1c(C)cc(C(=O)CSc2cnccn2)c1C. The van der Waals surface area contributed by atoms with E-state index in [-0.39, 0.29) is 5.78 Å². The largest absolute Gasteiger partial charge is 0.349 e. The van der Waals surface area contributed by atoms with Gasteiger partial charge in [0.15, 0.2) is 5.78 Å². The van der Waals surface area contributed by atoms with Crippen LogP contribution in [0.5, 0.6) is 0 Å². The zero-order chi connectivity index (χ0) is 13.8. The number of aryl methyl sites for hydroxylation is 1. The molecule has 0 atom stereocenters. The van der Waals surface area contributed by atoms with Crippen molar-refractivity contribution in [1.82, 2.24) is 14.5 Å². The molecule has 0 spiro atoms. The second-order valence-corrected chi connectivity index (χ2v) is 5.28. The number of nitrogens with zero attached hydrogens (tertiary/aromatic N) is 3. The van der Waals surface area contributed by atoms with Gasteiger partial charge in [0.05, 0.1) is 11.9 Å². The first-order chi connectivity index (χ1) is 9.13. The smallest absolute Gasteiger partial charge is 0.174 e. The summed E-state index contributed by atoms with van der Waals surface area (Å²) in [6, 6.07) is 1.97. The number of carbonyl (C=O) groups is 1. The average Bonchev–Trinajstić information content (AvgIpc) is 2.72. The molecule has 19 heavy (non-hydrogen) atoms. The summed E-state index contributed by atoms with van der Waals surface area (Å²) in [6.07, 6.45) is 4.93. The van der Waals surface area contributed by atoms with Gasteiger partial charge in [-0.2, -0.15) is 0 Å². The number of hydrogen-bond acceptors (Lipinski definition) is 4. The molecule has 0 aliphatic carbocycles. The van der Waals surface area contributed by atoms with Crippen molar-refractivity contribution in [2.45, 2.75) is 32.3 Å². The second kappa shape index (κ2) is 6.02. The van der Waals surface area contributed by atoms with Gasteiger partial charge in [0.1, 0.15) is 5.03 Å². The summed E-state index contributed by atoms with van der Waals surface area (Å²) in [6.45, 7) is 7.00. The highest BCUT2D eigenvalue weighted by Gasteiger charge is 2.15. The molecule has 2 aromatic heterocycles. The third-order valence-electron chi connectivity index (χ3n) is 3.08. The van der Waals surface area contributed by atoms with Crippen LogP contribution >= 0.6 is 11.8 Å². The summed E-state index contributed by atoms with van der Waals surface area (Å²) in [5, 5.41) is 0.778. The first-order valence-electron chi connectivity index (χ1n) is 6.22. The molecule has 2 heterocycles. The van der Waals surface area contributed by atoms with E-state index in [0.29, 0.717) is 5.75 Å². The van der Waals surface area contributed by atoms with Crippen molar-refractivity contribution in [2.24, 2.45) is 0 Å². The molecular weight excluding hydrogens is 258 g/mol. The van der Waals surface area contributed by atoms with Crippen LogP contribution in [0.4, 0.5) is 0 Å². The minimum atomic E-state index is 0.142. The van der Waals surface area contributed by atoms with Gasteiger partial charge < -0.3 is 4.57 Å². The molecule has 0 radical (unpaired) electrons. The van der Waals surface area contributed by atoms with Crippen LogP contribution in [0.15, 0.2) is 29.7 Å². The molecule has 0 amide bonds. The Kier molecular flexibility index (Phi) is 4.37. The van der Waals surface area contributed by atoms with E-state index in [2.05, 4.69) is 21.5 Å². The van der Waals surface area contributed by atoms with Gasteiger partial charge in [-0.3, -0.25) is 9.78 Å². The summed E-state index contributed by atoms with van der Waals surface area (Å²) < 4.78 is 2.15. The molecule has 0 aromatic carbocycles. The molecule has 0 unspecified atom stereocenters. The quantitative estimate of drug-likeness (QED) is 0.622. The van der Waals surface area contributed by atoms with Crippen LogP contribution in [-0.2, 0) is 6.54 Å². The third kappa shape index (κ3) is 3.04. The Morgan fingerprint density at radius 2 is 2.16 bits per heavy atom. The summed E-state index contributed by atoms with van der Waals surface area (Å²) in [4.78, 5) is 20.4. The fourth-order valence-electron chi connectivity index (χ4n) is 2.15. The number of Topliss-reactive ketones (excluding diaryl/α,β-unsaturated/α-hetero) is 1. The fourth-order valence-corrected chi connectivity index (χ4v) is 2.85. The van der Waals surface area contributed by atoms with Gasteiger partial charge in [-0.05, 0) is 26.8 Å². The van der Waals surface area contributed by atoms with Crippen molar-refractivity contribution in [2.75, 3.05) is 5.75 Å². The van der Waals surface area contributed by atoms with E-state index >= 15 is 0 Å². The van der Waals surface area contributed by atoms with E-state index < -0.39 is 0 Å². The maximum Gasteiger partial charge on any atom is 0.174 e. The zero-order valence-electron chi connectivity index (χ0n) is 11.4. The second-order valence-electron chi connectivity index (χ2n) is 4.28. The molecule has 0 aliphatic rings. The van der Waals surface area contributed by atoms with E-state index in [1.807, 2.05) is 19.9 Å². The van der Waals surface area contributed by atoms with Crippen LogP contribution < -0.4 is 0 Å². The van der Waals surface area contributed by atoms with Crippen LogP contribution in [0.2, 0.25) is 0 Å². The lowest BCUT2D eigenvalue weighted by molar-refractivity contribution is 0.102. The van der Waals surface area contributed by atoms with Gasteiger partial charge in [-0.25, -0.2) is 4.98 Å². The minimum Gasteiger partial charge on any atom is -0.349 e. The molecule has 100 valence electrons. The number of thioether (sulfide) groups is 1. The molecule has 0 saturated carbocycles.